The van der Waals surface area contributed by atoms with E-state index in [1.165, 1.54) is 72.8 Å². The van der Waals surface area contributed by atoms with Crippen LogP contribution in [0.5, 0.6) is 23.0 Å². The number of hydrogen-bond acceptors (Lipinski definition) is 36. The molecule has 0 amide bonds. The Morgan fingerprint density at radius 3 is 0.800 bits per heavy atom. The molecule has 4 saturated carbocycles. The maximum Gasteiger partial charge on any atom is 0.573 e. The van der Waals surface area contributed by atoms with E-state index in [9.17, 15) is 103 Å². The number of ether oxygens (including phenoxy) is 4. The van der Waals surface area contributed by atoms with E-state index in [2.05, 4.69) is 123 Å². The molecule has 4 aromatic heterocycles. The zero-order valence-corrected chi connectivity index (χ0v) is 76.7. The van der Waals surface area contributed by atoms with Crippen LogP contribution >= 0.6 is 0 Å². The minimum atomic E-state index is -4.83. The van der Waals surface area contributed by atoms with Crippen molar-refractivity contribution >= 4 is 69.8 Å². The van der Waals surface area contributed by atoms with Gasteiger partial charge in [-0.2, -0.15) is 19.9 Å². The van der Waals surface area contributed by atoms with Gasteiger partial charge in [0.2, 0.25) is 47.1 Å². The average Bonchev–Trinajstić information content (AvgIpc) is 0.838. The highest BCUT2D eigenvalue weighted by atomic mass is 19.4. The van der Waals surface area contributed by atoms with Gasteiger partial charge in [0.05, 0.1) is 32.9 Å². The van der Waals surface area contributed by atoms with Crippen molar-refractivity contribution in [1.29, 1.82) is 0 Å². The third-order valence-electron chi connectivity index (χ3n) is 23.2. The number of anilines is 8. The molecule has 0 saturated heterocycles. The number of aromatic nitrogens is 8. The van der Waals surface area contributed by atoms with Crippen molar-refractivity contribution in [3.8, 4) is 23.0 Å². The molecule has 17 N–H and O–H groups in total. The van der Waals surface area contributed by atoms with Crippen molar-refractivity contribution in [2.75, 3.05) is 108 Å². The molecule has 4 fully saturated rings. The Morgan fingerprint density at radius 1 is 0.357 bits per heavy atom. The number of nitrogens with two attached hydrogens (primary N) is 1. The summed E-state index contributed by atoms with van der Waals surface area (Å²) in [6, 6.07) is 24.3. The van der Waals surface area contributed by atoms with E-state index >= 15 is 0 Å². The van der Waals surface area contributed by atoms with Crippen LogP contribution < -0.4 is 88.5 Å². The Bertz CT molecular complexity index is 4850. The Kier molecular flexibility index (Phi) is 43.8. The summed E-state index contributed by atoms with van der Waals surface area (Å²) in [6.07, 6.45) is 1.92. The van der Waals surface area contributed by atoms with Crippen LogP contribution in [-0.2, 0) is 26.2 Å². The van der Waals surface area contributed by atoms with Gasteiger partial charge >= 0.3 is 48.2 Å². The monoisotopic (exact) mass is 1990 g/mol. The van der Waals surface area contributed by atoms with Gasteiger partial charge in [-0.15, -0.1) is 52.7 Å². The van der Waals surface area contributed by atoms with Crippen molar-refractivity contribution in [3.05, 3.63) is 185 Å². The van der Waals surface area contributed by atoms with E-state index in [4.69, 9.17) is 10.8 Å². The Hall–Kier alpha value is -12.8. The fourth-order valence-corrected chi connectivity index (χ4v) is 16.0. The van der Waals surface area contributed by atoms with Gasteiger partial charge in [-0.3, -0.25) is 40.5 Å². The lowest BCUT2D eigenvalue weighted by Gasteiger charge is -2.31. The summed E-state index contributed by atoms with van der Waals surface area (Å²) in [4.78, 5) is 75.9. The number of hydrogen-bond donors (Lipinski definition) is 16. The molecular formula is C88H117F12N25O15. The fourth-order valence-electron chi connectivity index (χ4n) is 16.0. The van der Waals surface area contributed by atoms with E-state index in [0.29, 0.717) is 80.6 Å². The van der Waals surface area contributed by atoms with Crippen LogP contribution in [0.1, 0.15) is 152 Å². The molecule has 0 spiro atoms. The molecule has 0 radical (unpaired) electrons. The van der Waals surface area contributed by atoms with E-state index in [0.717, 1.165) is 153 Å². The smallest absolute Gasteiger partial charge is 0.405 e. The molecule has 0 unspecified atom stereocenters. The zero-order valence-electron chi connectivity index (χ0n) is 76.7. The molecule has 140 heavy (non-hydrogen) atoms. The minimum absolute atomic E-state index is 0.0332. The number of halogens is 12. The van der Waals surface area contributed by atoms with Crippen molar-refractivity contribution < 1.29 is 107 Å². The minimum Gasteiger partial charge on any atom is -0.405 e. The molecule has 2 atom stereocenters. The number of aliphatic hydroxyl groups is 3. The molecule has 52 heteroatoms. The topological polar surface area (TPSA) is 544 Å². The predicted octanol–water partition coefficient (Wildman–Crippen LogP) is 15.3. The summed E-state index contributed by atoms with van der Waals surface area (Å²) in [5.41, 5.74) is 5.31. The van der Waals surface area contributed by atoms with Crippen LogP contribution in [0.2, 0.25) is 0 Å². The number of nitro groups is 4. The maximum atomic E-state index is 12.6. The molecule has 8 aromatic rings. The van der Waals surface area contributed by atoms with Crippen LogP contribution in [-0.4, -0.2) is 202 Å². The molecule has 0 bridgehead atoms. The summed E-state index contributed by atoms with van der Waals surface area (Å²) in [6.45, 7) is 8.23. The lowest BCUT2D eigenvalue weighted by Crippen LogP contribution is -2.41. The highest BCUT2D eigenvalue weighted by Crippen LogP contribution is 2.37. The largest absolute Gasteiger partial charge is 0.573 e. The fraction of sp³-hybridized carbons (Fsp3) is 0.545. The van der Waals surface area contributed by atoms with Gasteiger partial charge in [0.1, 0.15) is 47.8 Å². The lowest BCUT2D eigenvalue weighted by molar-refractivity contribution is -0.384. The first-order chi connectivity index (χ1) is 66.8. The maximum absolute atomic E-state index is 12.6. The predicted molar refractivity (Wildman–Crippen MR) is 494 cm³/mol. The van der Waals surface area contributed by atoms with E-state index in [1.54, 1.807) is 24.3 Å². The second-order valence-corrected chi connectivity index (χ2v) is 33.8. The first kappa shape index (κ1) is 111. The number of benzene rings is 4. The average molecular weight is 1990 g/mol. The van der Waals surface area contributed by atoms with Crippen LogP contribution in [0, 0.1) is 64.1 Å². The van der Waals surface area contributed by atoms with E-state index in [1.807, 2.05) is 13.8 Å². The molecular weight excluding hydrogens is 1880 g/mol. The van der Waals surface area contributed by atoms with Crippen LogP contribution in [0.15, 0.2) is 122 Å². The van der Waals surface area contributed by atoms with Crippen LogP contribution in [0.3, 0.4) is 0 Å². The number of para-hydroxylation sites is 4. The summed E-state index contributed by atoms with van der Waals surface area (Å²) >= 11 is 0. The molecule has 4 aliphatic carbocycles. The molecule has 12 rings (SSSR count). The van der Waals surface area contributed by atoms with E-state index in [-0.39, 0.29) is 173 Å². The summed E-state index contributed by atoms with van der Waals surface area (Å²) in [7, 11) is 0. The van der Waals surface area contributed by atoms with Crippen LogP contribution in [0.4, 0.5) is 122 Å². The number of rotatable bonds is 46. The summed E-state index contributed by atoms with van der Waals surface area (Å²) < 4.78 is 168. The van der Waals surface area contributed by atoms with Gasteiger partial charge < -0.3 is 104 Å². The van der Waals surface area contributed by atoms with Crippen molar-refractivity contribution in [3.63, 3.8) is 0 Å². The first-order valence-corrected chi connectivity index (χ1v) is 45.6. The number of aliphatic hydroxyl groups excluding tert-OH is 3. The quantitative estimate of drug-likeness (QED) is 0.00729. The Morgan fingerprint density at radius 2 is 0.586 bits per heavy atom. The number of nitrogens with one attached hydrogen (secondary N) is 12. The molecule has 768 valence electrons. The number of alkyl halides is 12. The van der Waals surface area contributed by atoms with Crippen molar-refractivity contribution in [2.24, 2.45) is 29.4 Å². The third kappa shape index (κ3) is 39.5. The standard InChI is InChI=1S/C22H30F3N7O3.3C22H29F3N6O4/c23-22(24,25)35-19-5-2-1-4-16(19)13-29-21-30-14-18(32(33)34)20(31-21)28-12-15-6-8-17(9-7-15)27-11-3-10-26;2*1-14(13-32)29-17-8-6-15(7-9-17)10-26-20-18(31(33)34)12-28-21(30-20)27-11-16-4-2-3-5-19(16)35-22(23,24)25;23-22(24,25)35-19-5-2-1-4-16(19)13-28-21-29-14-18(31(33)34)20(30-21)27-12-15-6-8-17(9-7-15)26-10-3-11-32/h1-2,4-5,14-15,17,27H,3,6-13,26H2,(H2,28,29,30,31);2*2-5,12,14-15,17,29,32H,6-11,13H2,1H3,(H2,26,27,28,30);1-2,4-5,14-15,17,26,32H,3,6-13H2,(H2,27,28,29,30)/t;2*14-,15?,17?;/m.10./s1. The van der Waals surface area contributed by atoms with Gasteiger partial charge in [-0.05, 0) is 197 Å². The molecule has 40 nitrogen and oxygen atoms in total. The van der Waals surface area contributed by atoms with E-state index < -0.39 is 45.1 Å². The highest BCUT2D eigenvalue weighted by molar-refractivity contribution is 5.60. The highest BCUT2D eigenvalue weighted by Gasteiger charge is 2.37. The van der Waals surface area contributed by atoms with Crippen molar-refractivity contribution in [2.45, 2.75) is 217 Å². The summed E-state index contributed by atoms with van der Waals surface area (Å²) in [5.74, 6) is 0.218. The van der Waals surface area contributed by atoms with Gasteiger partial charge in [-0.1, -0.05) is 72.8 Å². The Balaban J connectivity index is 0.000000209. The molecule has 0 aliphatic heterocycles. The van der Waals surface area contributed by atoms with Gasteiger partial charge in [-0.25, -0.2) is 19.9 Å². The third-order valence-corrected chi connectivity index (χ3v) is 23.2. The second kappa shape index (κ2) is 55.3. The lowest BCUT2D eigenvalue weighted by atomic mass is 9.85. The Labute approximate surface area is 796 Å². The van der Waals surface area contributed by atoms with Gasteiger partial charge in [0.15, 0.2) is 0 Å². The van der Waals surface area contributed by atoms with Gasteiger partial charge in [0, 0.05) is 117 Å². The van der Waals surface area contributed by atoms with Crippen LogP contribution in [0.25, 0.3) is 0 Å². The molecule has 4 heterocycles. The normalized spacial score (nSPS) is 18.6. The molecule has 4 aliphatic rings. The summed E-state index contributed by atoms with van der Waals surface area (Å²) in [5, 5.41) is 110. The van der Waals surface area contributed by atoms with Gasteiger partial charge in [0.25, 0.3) is 0 Å². The number of nitrogens with zero attached hydrogens (tertiary/aromatic N) is 12. The first-order valence-electron chi connectivity index (χ1n) is 45.6. The van der Waals surface area contributed by atoms with Crippen molar-refractivity contribution in [1.82, 2.24) is 61.1 Å². The second-order valence-electron chi connectivity index (χ2n) is 33.8. The SMILES string of the molecule is C[C@@H](CO)NC1CCC(CNc2nc(NCc3ccccc3OC(F)(F)F)ncc2[N+](=O)[O-])CC1.C[C@H](CO)NC1CCC(CNc2nc(NCc3ccccc3OC(F)(F)F)ncc2[N+](=O)[O-])CC1.NCCCNC1CCC(CNc2nc(NCc3ccccc3OC(F)(F)F)ncc2[N+](=O)[O-])CC1.O=[N+]([O-])c1cnc(NCc2ccccc2OC(F)(F)F)nc1NCC1CCC(NCCCO)CC1. The molecule has 4 aromatic carbocycles. The zero-order chi connectivity index (χ0) is 101.